The van der Waals surface area contributed by atoms with Gasteiger partial charge in [-0.3, -0.25) is 4.79 Å². The van der Waals surface area contributed by atoms with E-state index in [0.29, 0.717) is 28.5 Å². The highest BCUT2D eigenvalue weighted by atomic mass is 16.5. The summed E-state index contributed by atoms with van der Waals surface area (Å²) >= 11 is 0. The highest BCUT2D eigenvalue weighted by Gasteiger charge is 2.33. The summed E-state index contributed by atoms with van der Waals surface area (Å²) < 4.78 is 16.2. The SMILES string of the molecule is COc1cc2c(cc1OC)C(=O)N(C)[C@H](c1ccc(C)o1)N2. The van der Waals surface area contributed by atoms with Crippen LogP contribution in [0.15, 0.2) is 28.7 Å². The average Bonchev–Trinajstić information content (AvgIpc) is 2.95. The molecule has 0 spiro atoms. The van der Waals surface area contributed by atoms with E-state index in [-0.39, 0.29) is 12.1 Å². The zero-order valence-corrected chi connectivity index (χ0v) is 13.0. The number of nitrogens with one attached hydrogen (secondary N) is 1. The van der Waals surface area contributed by atoms with Gasteiger partial charge in [-0.25, -0.2) is 0 Å². The summed E-state index contributed by atoms with van der Waals surface area (Å²) in [5, 5.41) is 3.31. The van der Waals surface area contributed by atoms with Crippen molar-refractivity contribution < 1.29 is 18.7 Å². The highest BCUT2D eigenvalue weighted by Crippen LogP contribution is 2.39. The summed E-state index contributed by atoms with van der Waals surface area (Å²) in [5.74, 6) is 2.48. The smallest absolute Gasteiger partial charge is 0.257 e. The molecule has 0 saturated heterocycles. The van der Waals surface area contributed by atoms with Gasteiger partial charge in [-0.2, -0.15) is 0 Å². The lowest BCUT2D eigenvalue weighted by Gasteiger charge is -2.34. The highest BCUT2D eigenvalue weighted by molar-refractivity contribution is 6.02. The number of carbonyl (C=O) groups is 1. The first-order valence-electron chi connectivity index (χ1n) is 6.91. The predicted octanol–water partition coefficient (Wildman–Crippen LogP) is 2.80. The van der Waals surface area contributed by atoms with Crippen LogP contribution in [-0.2, 0) is 0 Å². The minimum Gasteiger partial charge on any atom is -0.493 e. The molecule has 0 fully saturated rings. The minimum absolute atomic E-state index is 0.103. The fourth-order valence-electron chi connectivity index (χ4n) is 2.59. The van der Waals surface area contributed by atoms with Crippen molar-refractivity contribution in [3.8, 4) is 11.5 Å². The number of hydrogen-bond donors (Lipinski definition) is 1. The third-order valence-corrected chi connectivity index (χ3v) is 3.78. The molecule has 3 rings (SSSR count). The van der Waals surface area contributed by atoms with Crippen LogP contribution in [0, 0.1) is 6.92 Å². The van der Waals surface area contributed by atoms with Gasteiger partial charge in [0.25, 0.3) is 5.91 Å². The number of carbonyl (C=O) groups excluding carboxylic acids is 1. The van der Waals surface area contributed by atoms with Gasteiger partial charge in [0.2, 0.25) is 0 Å². The molecule has 1 aliphatic rings. The van der Waals surface area contributed by atoms with Crippen LogP contribution in [0.4, 0.5) is 5.69 Å². The molecular formula is C16H18N2O4. The largest absolute Gasteiger partial charge is 0.493 e. The quantitative estimate of drug-likeness (QED) is 0.944. The van der Waals surface area contributed by atoms with Crippen LogP contribution in [0.3, 0.4) is 0 Å². The second-order valence-electron chi connectivity index (χ2n) is 5.16. The molecule has 1 aromatic heterocycles. The van der Waals surface area contributed by atoms with E-state index in [2.05, 4.69) is 5.32 Å². The van der Waals surface area contributed by atoms with Crippen molar-refractivity contribution >= 4 is 11.6 Å². The van der Waals surface area contributed by atoms with Crippen molar-refractivity contribution in [2.75, 3.05) is 26.6 Å². The number of amides is 1. The Morgan fingerprint density at radius 1 is 1.18 bits per heavy atom. The van der Waals surface area contributed by atoms with Crippen molar-refractivity contribution in [1.29, 1.82) is 0 Å². The van der Waals surface area contributed by atoms with Crippen LogP contribution >= 0.6 is 0 Å². The summed E-state index contributed by atoms with van der Waals surface area (Å²) in [6.45, 7) is 1.87. The van der Waals surface area contributed by atoms with Gasteiger partial charge < -0.3 is 24.1 Å². The number of anilines is 1. The molecule has 1 N–H and O–H groups in total. The Hall–Kier alpha value is -2.63. The molecular weight excluding hydrogens is 284 g/mol. The van der Waals surface area contributed by atoms with Crippen LogP contribution in [0.25, 0.3) is 0 Å². The van der Waals surface area contributed by atoms with Gasteiger partial charge in [-0.1, -0.05) is 0 Å². The summed E-state index contributed by atoms with van der Waals surface area (Å²) in [6, 6.07) is 7.19. The number of nitrogens with zero attached hydrogens (tertiary/aromatic N) is 1. The van der Waals surface area contributed by atoms with E-state index in [1.165, 1.54) is 0 Å². The van der Waals surface area contributed by atoms with Crippen molar-refractivity contribution in [2.45, 2.75) is 13.1 Å². The van der Waals surface area contributed by atoms with Crippen molar-refractivity contribution in [3.63, 3.8) is 0 Å². The van der Waals surface area contributed by atoms with Gasteiger partial charge in [0.05, 0.1) is 25.5 Å². The first kappa shape index (κ1) is 14.3. The second-order valence-corrected chi connectivity index (χ2v) is 5.16. The number of fused-ring (bicyclic) bond motifs is 1. The molecule has 6 nitrogen and oxygen atoms in total. The number of furan rings is 1. The van der Waals surface area contributed by atoms with Gasteiger partial charge in [-0.15, -0.1) is 0 Å². The van der Waals surface area contributed by atoms with E-state index in [4.69, 9.17) is 13.9 Å². The molecule has 6 heteroatoms. The molecule has 1 amide bonds. The summed E-state index contributed by atoms with van der Waals surface area (Å²) in [5.41, 5.74) is 1.24. The number of rotatable bonds is 3. The van der Waals surface area contributed by atoms with Crippen LogP contribution in [0.1, 0.15) is 28.0 Å². The molecule has 0 aliphatic carbocycles. The van der Waals surface area contributed by atoms with Crippen molar-refractivity contribution in [2.24, 2.45) is 0 Å². The minimum atomic E-state index is -0.355. The molecule has 1 atom stereocenters. The third kappa shape index (κ3) is 2.16. The summed E-state index contributed by atoms with van der Waals surface area (Å²) in [4.78, 5) is 14.2. The first-order chi connectivity index (χ1) is 10.5. The molecule has 116 valence electrons. The van der Waals surface area contributed by atoms with Crippen LogP contribution in [0.5, 0.6) is 11.5 Å². The summed E-state index contributed by atoms with van der Waals surface area (Å²) in [7, 11) is 4.84. The predicted molar refractivity (Wildman–Crippen MR) is 81.4 cm³/mol. The fraction of sp³-hybridized carbons (Fsp3) is 0.312. The Kier molecular flexibility index (Phi) is 3.44. The number of hydrogen-bond acceptors (Lipinski definition) is 5. The zero-order chi connectivity index (χ0) is 15.9. The third-order valence-electron chi connectivity index (χ3n) is 3.78. The normalized spacial score (nSPS) is 17.0. The van der Waals surface area contributed by atoms with Gasteiger partial charge >= 0.3 is 0 Å². The Morgan fingerprint density at radius 3 is 2.45 bits per heavy atom. The molecule has 1 aliphatic heterocycles. The maximum atomic E-state index is 12.6. The van der Waals surface area contributed by atoms with Gasteiger partial charge in [0.1, 0.15) is 11.5 Å². The topological polar surface area (TPSA) is 63.9 Å². The molecule has 0 radical (unpaired) electrons. The first-order valence-corrected chi connectivity index (χ1v) is 6.91. The fourth-order valence-corrected chi connectivity index (χ4v) is 2.59. The Morgan fingerprint density at radius 2 is 1.86 bits per heavy atom. The van der Waals surface area contributed by atoms with E-state index in [1.54, 1.807) is 38.3 Å². The van der Waals surface area contributed by atoms with Gasteiger partial charge in [-0.05, 0) is 25.1 Å². The number of aryl methyl sites for hydroxylation is 1. The Labute approximate surface area is 128 Å². The van der Waals surface area contributed by atoms with Crippen LogP contribution in [-0.4, -0.2) is 32.1 Å². The lowest BCUT2D eigenvalue weighted by Crippen LogP contribution is -2.40. The van der Waals surface area contributed by atoms with Crippen LogP contribution < -0.4 is 14.8 Å². The lowest BCUT2D eigenvalue weighted by molar-refractivity contribution is 0.0717. The molecule has 0 unspecified atom stereocenters. The standard InChI is InChI=1S/C16H18N2O4/c1-9-5-6-12(22-9)15-17-11-8-14(21-4)13(20-3)7-10(11)16(19)18(15)2/h5-8,15,17H,1-4H3/t15-/m1/s1. The maximum Gasteiger partial charge on any atom is 0.257 e. The molecule has 22 heavy (non-hydrogen) atoms. The average molecular weight is 302 g/mol. The Bertz CT molecular complexity index is 723. The molecule has 2 heterocycles. The number of ether oxygens (including phenoxy) is 2. The zero-order valence-electron chi connectivity index (χ0n) is 13.0. The van der Waals surface area contributed by atoms with E-state index in [9.17, 15) is 4.79 Å². The number of benzene rings is 1. The van der Waals surface area contributed by atoms with E-state index >= 15 is 0 Å². The molecule has 1 aromatic carbocycles. The maximum absolute atomic E-state index is 12.6. The van der Waals surface area contributed by atoms with Crippen molar-refractivity contribution in [3.05, 3.63) is 41.3 Å². The molecule has 2 aromatic rings. The van der Waals surface area contributed by atoms with E-state index in [0.717, 1.165) is 5.76 Å². The van der Waals surface area contributed by atoms with Crippen LogP contribution in [0.2, 0.25) is 0 Å². The Balaban J connectivity index is 2.05. The van der Waals surface area contributed by atoms with E-state index in [1.807, 2.05) is 19.1 Å². The number of methoxy groups -OCH3 is 2. The van der Waals surface area contributed by atoms with Crippen molar-refractivity contribution in [1.82, 2.24) is 4.90 Å². The second kappa shape index (κ2) is 5.29. The molecule has 0 saturated carbocycles. The summed E-state index contributed by atoms with van der Waals surface area (Å²) in [6.07, 6.45) is -0.355. The van der Waals surface area contributed by atoms with Gasteiger partial charge in [0, 0.05) is 13.1 Å². The van der Waals surface area contributed by atoms with Gasteiger partial charge in [0.15, 0.2) is 17.7 Å². The monoisotopic (exact) mass is 302 g/mol. The molecule has 0 bridgehead atoms. The lowest BCUT2D eigenvalue weighted by atomic mass is 10.1. The van der Waals surface area contributed by atoms with E-state index < -0.39 is 0 Å².